The molecule has 156 valence electrons. The van der Waals surface area contributed by atoms with E-state index >= 15 is 0 Å². The van der Waals surface area contributed by atoms with Crippen molar-refractivity contribution in [2.24, 2.45) is 5.92 Å². The van der Waals surface area contributed by atoms with Gasteiger partial charge in [-0.25, -0.2) is 4.98 Å². The van der Waals surface area contributed by atoms with E-state index in [1.165, 1.54) is 54.4 Å². The molecule has 0 saturated carbocycles. The van der Waals surface area contributed by atoms with E-state index in [-0.39, 0.29) is 0 Å². The average molecular weight is 407 g/mol. The number of hydrogen-bond acceptors (Lipinski definition) is 2. The van der Waals surface area contributed by atoms with E-state index in [9.17, 15) is 0 Å². The van der Waals surface area contributed by atoms with Crippen LogP contribution in [0.3, 0.4) is 0 Å². The highest BCUT2D eigenvalue weighted by Crippen LogP contribution is 2.28. The van der Waals surface area contributed by atoms with E-state index in [0.717, 1.165) is 30.1 Å². The highest BCUT2D eigenvalue weighted by atomic mass is 15.1. The largest absolute Gasteiger partial charge is 0.299 e. The quantitative estimate of drug-likeness (QED) is 0.352. The molecule has 31 heavy (non-hydrogen) atoms. The normalized spacial score (nSPS) is 17.1. The number of para-hydroxylation sites is 1. The number of piperidine rings is 1. The fourth-order valence-corrected chi connectivity index (χ4v) is 4.94. The summed E-state index contributed by atoms with van der Waals surface area (Å²) in [5.74, 6) is 0.768. The lowest BCUT2D eigenvalue weighted by Gasteiger charge is -2.33. The van der Waals surface area contributed by atoms with Crippen molar-refractivity contribution in [1.82, 2.24) is 9.88 Å². The lowest BCUT2D eigenvalue weighted by atomic mass is 9.90. The van der Waals surface area contributed by atoms with E-state index in [2.05, 4.69) is 95.9 Å². The second-order valence-electron chi connectivity index (χ2n) is 8.82. The first-order chi connectivity index (χ1) is 15.3. The van der Waals surface area contributed by atoms with Crippen LogP contribution in [0.4, 0.5) is 0 Å². The van der Waals surface area contributed by atoms with Gasteiger partial charge in [-0.05, 0) is 61.4 Å². The molecule has 0 spiro atoms. The van der Waals surface area contributed by atoms with Crippen LogP contribution in [-0.2, 0) is 13.0 Å². The Morgan fingerprint density at radius 2 is 1.58 bits per heavy atom. The minimum absolute atomic E-state index is 0.768. The number of pyridine rings is 1. The fourth-order valence-electron chi connectivity index (χ4n) is 4.94. The summed E-state index contributed by atoms with van der Waals surface area (Å²) in [7, 11) is 0. The Labute approximate surface area is 185 Å². The third-order valence-electron chi connectivity index (χ3n) is 6.55. The Balaban J connectivity index is 1.32. The average Bonchev–Trinajstić information content (AvgIpc) is 2.84. The van der Waals surface area contributed by atoms with Crippen molar-refractivity contribution in [2.75, 3.05) is 13.1 Å². The predicted molar refractivity (Wildman–Crippen MR) is 130 cm³/mol. The molecule has 0 bridgehead atoms. The fraction of sp³-hybridized carbons (Fsp3) is 0.276. The molecule has 0 amide bonds. The third-order valence-corrected chi connectivity index (χ3v) is 6.55. The summed E-state index contributed by atoms with van der Waals surface area (Å²) in [4.78, 5) is 7.59. The maximum absolute atomic E-state index is 4.95. The first kappa shape index (κ1) is 20.0. The molecule has 1 unspecified atom stereocenters. The van der Waals surface area contributed by atoms with Gasteiger partial charge in [0.15, 0.2) is 0 Å². The van der Waals surface area contributed by atoms with Crippen LogP contribution in [0, 0.1) is 5.92 Å². The van der Waals surface area contributed by atoms with Crippen molar-refractivity contribution in [3.05, 3.63) is 102 Å². The van der Waals surface area contributed by atoms with Gasteiger partial charge in [-0.15, -0.1) is 0 Å². The van der Waals surface area contributed by atoms with Crippen LogP contribution in [0.5, 0.6) is 0 Å². The zero-order valence-electron chi connectivity index (χ0n) is 18.1. The SMILES string of the molecule is c1ccc(CN2CCCC(CCc3cc(-c4ccccc4)nc4ccccc34)C2)cc1. The molecule has 1 fully saturated rings. The minimum Gasteiger partial charge on any atom is -0.299 e. The zero-order chi connectivity index (χ0) is 20.9. The van der Waals surface area contributed by atoms with Crippen molar-refractivity contribution >= 4 is 10.9 Å². The molecule has 2 nitrogen and oxygen atoms in total. The monoisotopic (exact) mass is 406 g/mol. The van der Waals surface area contributed by atoms with E-state index in [1.54, 1.807) is 0 Å². The van der Waals surface area contributed by atoms with Gasteiger partial charge in [0, 0.05) is 24.0 Å². The molecule has 1 saturated heterocycles. The van der Waals surface area contributed by atoms with Gasteiger partial charge in [-0.2, -0.15) is 0 Å². The maximum Gasteiger partial charge on any atom is 0.0712 e. The summed E-state index contributed by atoms with van der Waals surface area (Å²) in [6.07, 6.45) is 5.02. The lowest BCUT2D eigenvalue weighted by Crippen LogP contribution is -2.35. The first-order valence-corrected chi connectivity index (χ1v) is 11.6. The summed E-state index contributed by atoms with van der Waals surface area (Å²) in [6.45, 7) is 3.51. The van der Waals surface area contributed by atoms with Crippen LogP contribution >= 0.6 is 0 Å². The van der Waals surface area contributed by atoms with E-state index in [1.807, 2.05) is 0 Å². The summed E-state index contributed by atoms with van der Waals surface area (Å²) >= 11 is 0. The Hall–Kier alpha value is -2.97. The van der Waals surface area contributed by atoms with Gasteiger partial charge in [0.05, 0.1) is 11.2 Å². The number of benzene rings is 3. The molecular weight excluding hydrogens is 376 g/mol. The third kappa shape index (κ3) is 4.86. The van der Waals surface area contributed by atoms with Crippen LogP contribution in [0.15, 0.2) is 91.0 Å². The summed E-state index contributed by atoms with van der Waals surface area (Å²) < 4.78 is 0. The van der Waals surface area contributed by atoms with Crippen molar-refractivity contribution in [1.29, 1.82) is 0 Å². The topological polar surface area (TPSA) is 16.1 Å². The Bertz CT molecular complexity index is 1120. The number of nitrogens with zero attached hydrogens (tertiary/aromatic N) is 2. The van der Waals surface area contributed by atoms with Gasteiger partial charge in [-0.3, -0.25) is 4.90 Å². The summed E-state index contributed by atoms with van der Waals surface area (Å²) in [6, 6.07) is 32.4. The van der Waals surface area contributed by atoms with Crippen molar-refractivity contribution in [2.45, 2.75) is 32.2 Å². The lowest BCUT2D eigenvalue weighted by molar-refractivity contribution is 0.162. The molecule has 0 radical (unpaired) electrons. The molecule has 2 heterocycles. The van der Waals surface area contributed by atoms with Crippen molar-refractivity contribution < 1.29 is 0 Å². The molecule has 1 atom stereocenters. The van der Waals surface area contributed by atoms with Crippen LogP contribution in [-0.4, -0.2) is 23.0 Å². The zero-order valence-corrected chi connectivity index (χ0v) is 18.1. The van der Waals surface area contributed by atoms with Gasteiger partial charge in [-0.1, -0.05) is 78.9 Å². The molecule has 2 heteroatoms. The number of hydrogen-bond donors (Lipinski definition) is 0. The predicted octanol–water partition coefficient (Wildman–Crippen LogP) is 6.75. The molecule has 1 aliphatic heterocycles. The molecule has 4 aromatic rings. The molecule has 3 aromatic carbocycles. The van der Waals surface area contributed by atoms with Crippen LogP contribution in [0.25, 0.3) is 22.2 Å². The van der Waals surface area contributed by atoms with Crippen LogP contribution < -0.4 is 0 Å². The molecule has 1 aliphatic rings. The number of aryl methyl sites for hydroxylation is 1. The molecule has 1 aromatic heterocycles. The summed E-state index contributed by atoms with van der Waals surface area (Å²) in [5.41, 5.74) is 6.25. The van der Waals surface area contributed by atoms with Gasteiger partial charge in [0.1, 0.15) is 0 Å². The van der Waals surface area contributed by atoms with Gasteiger partial charge < -0.3 is 0 Å². The molecule has 5 rings (SSSR count). The standard InChI is InChI=1S/C29H30N2/c1-3-10-23(11-4-1)21-31-19-9-12-24(22-31)17-18-26-20-29(25-13-5-2-6-14-25)30-28-16-8-7-15-27(26)28/h1-8,10-11,13-16,20,24H,9,12,17-19,21-22H2. The number of rotatable bonds is 6. The van der Waals surface area contributed by atoms with Crippen molar-refractivity contribution in [3.8, 4) is 11.3 Å². The first-order valence-electron chi connectivity index (χ1n) is 11.6. The number of likely N-dealkylation sites (tertiary alicyclic amines) is 1. The van der Waals surface area contributed by atoms with Crippen LogP contribution in [0.1, 0.15) is 30.4 Å². The van der Waals surface area contributed by atoms with Crippen molar-refractivity contribution in [3.63, 3.8) is 0 Å². The molecule has 0 N–H and O–H groups in total. The Morgan fingerprint density at radius 1 is 0.839 bits per heavy atom. The summed E-state index contributed by atoms with van der Waals surface area (Å²) in [5, 5.41) is 1.30. The van der Waals surface area contributed by atoms with E-state index < -0.39 is 0 Å². The molecular formula is C29H30N2. The van der Waals surface area contributed by atoms with Gasteiger partial charge >= 0.3 is 0 Å². The Morgan fingerprint density at radius 3 is 2.42 bits per heavy atom. The van der Waals surface area contributed by atoms with Gasteiger partial charge in [0.2, 0.25) is 0 Å². The Kier molecular flexibility index (Phi) is 6.08. The highest BCUT2D eigenvalue weighted by Gasteiger charge is 2.20. The minimum atomic E-state index is 0.768. The second kappa shape index (κ2) is 9.45. The van der Waals surface area contributed by atoms with E-state index in [0.29, 0.717) is 0 Å². The van der Waals surface area contributed by atoms with Gasteiger partial charge in [0.25, 0.3) is 0 Å². The second-order valence-corrected chi connectivity index (χ2v) is 8.82. The number of fused-ring (bicyclic) bond motifs is 1. The maximum atomic E-state index is 4.95. The highest BCUT2D eigenvalue weighted by molar-refractivity contribution is 5.85. The molecule has 0 aliphatic carbocycles. The van der Waals surface area contributed by atoms with Crippen LogP contribution in [0.2, 0.25) is 0 Å². The number of aromatic nitrogens is 1. The smallest absolute Gasteiger partial charge is 0.0712 e. The van der Waals surface area contributed by atoms with E-state index in [4.69, 9.17) is 4.98 Å².